The standard InChI is InChI=1S/C13H13BrN2O4/c1-13(2,3)20-12(17)9(7-15)8-4-5-11(16(18)19)10(14)6-8/h4-6,9H,1-3H3. The van der Waals surface area contributed by atoms with Crippen LogP contribution in [-0.4, -0.2) is 16.5 Å². The Balaban J connectivity index is 3.09. The van der Waals surface area contributed by atoms with Gasteiger partial charge in [0, 0.05) is 6.07 Å². The first kappa shape index (κ1) is 16.1. The molecule has 20 heavy (non-hydrogen) atoms. The molecule has 0 aliphatic rings. The van der Waals surface area contributed by atoms with Crippen molar-refractivity contribution in [1.29, 1.82) is 5.26 Å². The molecule has 0 aromatic heterocycles. The van der Waals surface area contributed by atoms with Gasteiger partial charge in [-0.2, -0.15) is 5.26 Å². The molecule has 0 amide bonds. The zero-order valence-corrected chi connectivity index (χ0v) is 12.8. The number of ether oxygens (including phenoxy) is 1. The lowest BCUT2D eigenvalue weighted by molar-refractivity contribution is -0.385. The van der Waals surface area contributed by atoms with Gasteiger partial charge < -0.3 is 4.74 Å². The van der Waals surface area contributed by atoms with Crippen molar-refractivity contribution in [2.45, 2.75) is 32.3 Å². The van der Waals surface area contributed by atoms with Gasteiger partial charge in [0.05, 0.1) is 15.5 Å². The second kappa shape index (κ2) is 6.01. The predicted octanol–water partition coefficient (Wildman–Crippen LogP) is 3.31. The first-order valence-electron chi connectivity index (χ1n) is 5.72. The smallest absolute Gasteiger partial charge is 0.328 e. The molecule has 106 valence electrons. The Morgan fingerprint density at radius 3 is 2.50 bits per heavy atom. The van der Waals surface area contributed by atoms with Crippen molar-refractivity contribution in [3.05, 3.63) is 38.3 Å². The number of halogens is 1. The minimum atomic E-state index is -1.12. The van der Waals surface area contributed by atoms with E-state index in [0.717, 1.165) is 0 Å². The van der Waals surface area contributed by atoms with E-state index in [9.17, 15) is 14.9 Å². The highest BCUT2D eigenvalue weighted by molar-refractivity contribution is 9.10. The van der Waals surface area contributed by atoms with Crippen LogP contribution >= 0.6 is 15.9 Å². The van der Waals surface area contributed by atoms with Crippen LogP contribution in [0.5, 0.6) is 0 Å². The third-order valence-electron chi connectivity index (χ3n) is 2.27. The number of nitriles is 1. The molecule has 0 radical (unpaired) electrons. The van der Waals surface area contributed by atoms with Crippen molar-refractivity contribution in [2.24, 2.45) is 0 Å². The van der Waals surface area contributed by atoms with Crippen LogP contribution in [0, 0.1) is 21.4 Å². The molecule has 0 aliphatic heterocycles. The monoisotopic (exact) mass is 340 g/mol. The van der Waals surface area contributed by atoms with E-state index in [-0.39, 0.29) is 10.2 Å². The molecule has 0 bridgehead atoms. The van der Waals surface area contributed by atoms with Crippen LogP contribution in [0.4, 0.5) is 5.69 Å². The molecule has 1 atom stereocenters. The summed E-state index contributed by atoms with van der Waals surface area (Å²) >= 11 is 3.05. The Labute approximate surface area is 124 Å². The third-order valence-corrected chi connectivity index (χ3v) is 2.91. The zero-order chi connectivity index (χ0) is 15.5. The van der Waals surface area contributed by atoms with Gasteiger partial charge in [0.15, 0.2) is 5.92 Å². The number of nitro benzene ring substituents is 1. The van der Waals surface area contributed by atoms with Crippen LogP contribution < -0.4 is 0 Å². The molecule has 1 aromatic carbocycles. The quantitative estimate of drug-likeness (QED) is 0.478. The average molecular weight is 341 g/mol. The maximum atomic E-state index is 11.9. The Morgan fingerprint density at radius 2 is 2.10 bits per heavy atom. The molecule has 0 fully saturated rings. The van der Waals surface area contributed by atoms with Crippen LogP contribution in [0.3, 0.4) is 0 Å². The van der Waals surface area contributed by atoms with Gasteiger partial charge in [-0.1, -0.05) is 6.07 Å². The number of hydrogen-bond donors (Lipinski definition) is 0. The van der Waals surface area contributed by atoms with Gasteiger partial charge in [-0.15, -0.1) is 0 Å². The highest BCUT2D eigenvalue weighted by Crippen LogP contribution is 2.29. The van der Waals surface area contributed by atoms with Crippen LogP contribution in [0.2, 0.25) is 0 Å². The maximum Gasteiger partial charge on any atom is 0.328 e. The summed E-state index contributed by atoms with van der Waals surface area (Å²) in [5.41, 5.74) is -0.488. The van der Waals surface area contributed by atoms with Crippen LogP contribution in [-0.2, 0) is 9.53 Å². The fourth-order valence-corrected chi connectivity index (χ4v) is 2.02. The largest absolute Gasteiger partial charge is 0.459 e. The predicted molar refractivity (Wildman–Crippen MR) is 75.0 cm³/mol. The van der Waals surface area contributed by atoms with Crippen LogP contribution in [0.25, 0.3) is 0 Å². The van der Waals surface area contributed by atoms with Gasteiger partial charge in [-0.3, -0.25) is 14.9 Å². The van der Waals surface area contributed by atoms with Crippen molar-refractivity contribution in [3.63, 3.8) is 0 Å². The lowest BCUT2D eigenvalue weighted by Gasteiger charge is -2.21. The van der Waals surface area contributed by atoms with E-state index in [0.29, 0.717) is 5.56 Å². The number of benzene rings is 1. The fourth-order valence-electron chi connectivity index (χ4n) is 1.47. The van der Waals surface area contributed by atoms with E-state index in [1.807, 2.05) is 6.07 Å². The number of hydrogen-bond acceptors (Lipinski definition) is 5. The van der Waals surface area contributed by atoms with Crippen molar-refractivity contribution in [3.8, 4) is 6.07 Å². The summed E-state index contributed by atoms with van der Waals surface area (Å²) in [5.74, 6) is -1.80. The maximum absolute atomic E-state index is 11.9. The van der Waals surface area contributed by atoms with E-state index in [4.69, 9.17) is 10.00 Å². The Bertz CT molecular complexity index is 587. The number of nitro groups is 1. The topological polar surface area (TPSA) is 93.2 Å². The first-order valence-corrected chi connectivity index (χ1v) is 6.51. The van der Waals surface area contributed by atoms with Gasteiger partial charge in [0.1, 0.15) is 5.60 Å². The summed E-state index contributed by atoms with van der Waals surface area (Å²) in [6, 6.07) is 5.86. The molecule has 1 aromatic rings. The summed E-state index contributed by atoms with van der Waals surface area (Å²) in [5, 5.41) is 19.8. The lowest BCUT2D eigenvalue weighted by Crippen LogP contribution is -2.27. The van der Waals surface area contributed by atoms with E-state index in [1.165, 1.54) is 18.2 Å². The van der Waals surface area contributed by atoms with Crippen LogP contribution in [0.15, 0.2) is 22.7 Å². The second-order valence-electron chi connectivity index (χ2n) is 5.06. The molecule has 1 unspecified atom stereocenters. The Hall–Kier alpha value is -1.94. The van der Waals surface area contributed by atoms with Gasteiger partial charge >= 0.3 is 5.97 Å². The molecule has 0 aliphatic carbocycles. The van der Waals surface area contributed by atoms with E-state index in [1.54, 1.807) is 20.8 Å². The van der Waals surface area contributed by atoms with Crippen molar-refractivity contribution >= 4 is 27.6 Å². The summed E-state index contributed by atoms with van der Waals surface area (Å²) < 4.78 is 5.36. The summed E-state index contributed by atoms with van der Waals surface area (Å²) in [4.78, 5) is 22.1. The molecule has 0 saturated carbocycles. The van der Waals surface area contributed by atoms with Crippen molar-refractivity contribution in [1.82, 2.24) is 0 Å². The molecular weight excluding hydrogens is 328 g/mol. The van der Waals surface area contributed by atoms with Crippen LogP contribution in [0.1, 0.15) is 32.3 Å². The van der Waals surface area contributed by atoms with E-state index >= 15 is 0 Å². The Morgan fingerprint density at radius 1 is 1.50 bits per heavy atom. The molecule has 0 spiro atoms. The number of carbonyl (C=O) groups is 1. The number of nitrogens with zero attached hydrogens (tertiary/aromatic N) is 2. The average Bonchev–Trinajstić information content (AvgIpc) is 2.26. The summed E-state index contributed by atoms with van der Waals surface area (Å²) in [6.07, 6.45) is 0. The van der Waals surface area contributed by atoms with E-state index in [2.05, 4.69) is 15.9 Å². The molecule has 7 heteroatoms. The molecular formula is C13H13BrN2O4. The molecule has 0 saturated heterocycles. The third kappa shape index (κ3) is 4.03. The van der Waals surface area contributed by atoms with Gasteiger partial charge in [-0.05, 0) is 48.3 Å². The highest BCUT2D eigenvalue weighted by atomic mass is 79.9. The number of esters is 1. The van der Waals surface area contributed by atoms with Gasteiger partial charge in [-0.25, -0.2) is 0 Å². The molecule has 0 N–H and O–H groups in total. The van der Waals surface area contributed by atoms with Gasteiger partial charge in [0.2, 0.25) is 0 Å². The normalized spacial score (nSPS) is 12.3. The van der Waals surface area contributed by atoms with Crippen molar-refractivity contribution < 1.29 is 14.5 Å². The SMILES string of the molecule is CC(C)(C)OC(=O)C(C#N)c1ccc([N+](=O)[O-])c(Br)c1. The summed E-state index contributed by atoms with van der Waals surface area (Å²) in [7, 11) is 0. The molecule has 0 heterocycles. The van der Waals surface area contributed by atoms with Crippen molar-refractivity contribution in [2.75, 3.05) is 0 Å². The summed E-state index contributed by atoms with van der Waals surface area (Å²) in [6.45, 7) is 5.10. The minimum absolute atomic E-state index is 0.130. The Kier molecular flexibility index (Phi) is 4.84. The molecule has 6 nitrogen and oxygen atoms in total. The second-order valence-corrected chi connectivity index (χ2v) is 5.92. The number of carbonyl (C=O) groups excluding carboxylic acids is 1. The van der Waals surface area contributed by atoms with Gasteiger partial charge in [0.25, 0.3) is 5.69 Å². The number of rotatable bonds is 3. The molecule has 1 rings (SSSR count). The fraction of sp³-hybridized carbons (Fsp3) is 0.385. The minimum Gasteiger partial charge on any atom is -0.459 e. The van der Waals surface area contributed by atoms with E-state index < -0.39 is 22.4 Å². The zero-order valence-electron chi connectivity index (χ0n) is 11.2. The first-order chi connectivity index (χ1) is 9.15. The lowest BCUT2D eigenvalue weighted by atomic mass is 10.00. The highest BCUT2D eigenvalue weighted by Gasteiger charge is 2.27.